The molecule has 0 amide bonds. The molecule has 55 heavy (non-hydrogen) atoms. The third-order valence-electron chi connectivity index (χ3n) is 12.8. The van der Waals surface area contributed by atoms with E-state index in [2.05, 4.69) is 193 Å². The van der Waals surface area contributed by atoms with E-state index in [1.807, 2.05) is 6.07 Å². The molecule has 0 fully saturated rings. The van der Waals surface area contributed by atoms with Crippen molar-refractivity contribution in [3.63, 3.8) is 0 Å². The summed E-state index contributed by atoms with van der Waals surface area (Å²) in [7, 11) is 0. The molecule has 0 N–H and O–H groups in total. The van der Waals surface area contributed by atoms with Gasteiger partial charge in [-0.25, -0.2) is 0 Å². The van der Waals surface area contributed by atoms with Crippen LogP contribution in [0.15, 0.2) is 127 Å². The Morgan fingerprint density at radius 3 is 1.91 bits per heavy atom. The molecule has 3 aliphatic rings. The Balaban J connectivity index is 1.44. The molecule has 0 spiro atoms. The second kappa shape index (κ2) is 11.8. The van der Waals surface area contributed by atoms with Crippen molar-refractivity contribution < 1.29 is 0 Å². The van der Waals surface area contributed by atoms with Crippen LogP contribution in [-0.2, 0) is 22.7 Å². The highest BCUT2D eigenvalue weighted by molar-refractivity contribution is 6.09. The molecule has 0 radical (unpaired) electrons. The molecule has 0 saturated heterocycles. The van der Waals surface area contributed by atoms with Crippen molar-refractivity contribution in [3.8, 4) is 33.4 Å². The van der Waals surface area contributed by atoms with Gasteiger partial charge in [-0.2, -0.15) is 0 Å². The number of hydrogen-bond donors (Lipinski definition) is 0. The first-order valence-corrected chi connectivity index (χ1v) is 19.9. The first kappa shape index (κ1) is 33.7. The maximum atomic E-state index is 3.70. The van der Waals surface area contributed by atoms with Gasteiger partial charge in [-0.15, -0.1) is 0 Å². The van der Waals surface area contributed by atoms with Crippen LogP contribution in [-0.4, -0.2) is 0 Å². The topological polar surface area (TPSA) is 3.24 Å². The molecule has 0 aliphatic heterocycles. The summed E-state index contributed by atoms with van der Waals surface area (Å²) in [5, 5.41) is 2.26. The van der Waals surface area contributed by atoms with Gasteiger partial charge in [0.1, 0.15) is 0 Å². The van der Waals surface area contributed by atoms with Gasteiger partial charge in [0, 0.05) is 21.9 Å². The van der Waals surface area contributed by atoms with E-state index < -0.39 is 0 Å². The number of nitrogens with zero attached hydrogens (tertiary/aromatic N) is 1. The molecule has 7 aromatic carbocycles. The lowest BCUT2D eigenvalue weighted by Crippen LogP contribution is -2.28. The fourth-order valence-corrected chi connectivity index (χ4v) is 10.5. The zero-order valence-electron chi connectivity index (χ0n) is 33.1. The van der Waals surface area contributed by atoms with Gasteiger partial charge in [0.05, 0.1) is 16.8 Å². The van der Waals surface area contributed by atoms with E-state index >= 15 is 0 Å². The average Bonchev–Trinajstić information content (AvgIpc) is 3.57. The van der Waals surface area contributed by atoms with Gasteiger partial charge in [-0.05, 0) is 115 Å². The standard InChI is InChI=1S/C54H47N/c1-52(2,3)48-46-40-27-15-17-29-42(40)53(4,5)49(46)51(50-47(48)41-28-16-18-30-43(41)54(50,6)7)55(44-31-19-23-35-22-11-12-24-37(35)44)45-33-32-36(34-20-9-8-10-21-34)38-25-13-14-26-39(38)45/h8-11,13,15-23,25,27-33H,12,24H2,1-7H3. The van der Waals surface area contributed by atoms with Crippen molar-refractivity contribution in [1.82, 2.24) is 0 Å². The maximum absolute atomic E-state index is 3.70. The van der Waals surface area contributed by atoms with E-state index in [0.29, 0.717) is 0 Å². The van der Waals surface area contributed by atoms with Gasteiger partial charge in [-0.3, -0.25) is 0 Å². The Bertz CT molecular complexity index is 2650. The van der Waals surface area contributed by atoms with Gasteiger partial charge in [-0.1, -0.05) is 170 Å². The Hall–Kier alpha value is -5.84. The predicted octanol–water partition coefficient (Wildman–Crippen LogP) is 14.4. The Labute approximate surface area is 327 Å². The second-order valence-electron chi connectivity index (χ2n) is 17.8. The molecule has 0 unspecified atom stereocenters. The molecule has 268 valence electrons. The van der Waals surface area contributed by atoms with Crippen LogP contribution < -0.4 is 4.90 Å². The van der Waals surface area contributed by atoms with Crippen LogP contribution in [0.1, 0.15) is 93.8 Å². The van der Waals surface area contributed by atoms with Crippen LogP contribution in [0.4, 0.5) is 17.1 Å². The molecule has 0 atom stereocenters. The van der Waals surface area contributed by atoms with E-state index in [9.17, 15) is 0 Å². The molecule has 0 aromatic heterocycles. The largest absolute Gasteiger partial charge is 0.308 e. The van der Waals surface area contributed by atoms with Gasteiger partial charge < -0.3 is 4.90 Å². The summed E-state index contributed by atoms with van der Waals surface area (Å²) in [5.41, 5.74) is 20.8. The normalized spacial score (nSPS) is 15.5. The Morgan fingerprint density at radius 2 is 1.25 bits per heavy atom. The number of hydrogen-bond acceptors (Lipinski definition) is 1. The summed E-state index contributed by atoms with van der Waals surface area (Å²) in [6.07, 6.45) is 6.68. The van der Waals surface area contributed by atoms with Crippen LogP contribution in [0.25, 0.3) is 50.2 Å². The molecular weight excluding hydrogens is 663 g/mol. The summed E-state index contributed by atoms with van der Waals surface area (Å²) in [6, 6.07) is 52.2. The smallest absolute Gasteiger partial charge is 0.0625 e. The summed E-state index contributed by atoms with van der Waals surface area (Å²) >= 11 is 0. The Morgan fingerprint density at radius 1 is 0.618 bits per heavy atom. The van der Waals surface area contributed by atoms with Gasteiger partial charge >= 0.3 is 0 Å². The molecule has 1 heteroatoms. The zero-order valence-corrected chi connectivity index (χ0v) is 33.1. The summed E-state index contributed by atoms with van der Waals surface area (Å²) in [4.78, 5) is 2.69. The number of anilines is 3. The summed E-state index contributed by atoms with van der Waals surface area (Å²) in [5.74, 6) is 0. The maximum Gasteiger partial charge on any atom is 0.0625 e. The predicted molar refractivity (Wildman–Crippen MR) is 233 cm³/mol. The molecule has 0 heterocycles. The summed E-state index contributed by atoms with van der Waals surface area (Å²) in [6.45, 7) is 17.1. The minimum Gasteiger partial charge on any atom is -0.308 e. The average molecular weight is 710 g/mol. The van der Waals surface area contributed by atoms with Gasteiger partial charge in [0.15, 0.2) is 0 Å². The van der Waals surface area contributed by atoms with E-state index in [1.165, 1.54) is 89.1 Å². The molecule has 7 aromatic rings. The Kier molecular flexibility index (Phi) is 7.25. The monoisotopic (exact) mass is 709 g/mol. The van der Waals surface area contributed by atoms with E-state index in [1.54, 1.807) is 0 Å². The van der Waals surface area contributed by atoms with Crippen molar-refractivity contribution in [2.75, 3.05) is 4.90 Å². The minimum absolute atomic E-state index is 0.123. The second-order valence-corrected chi connectivity index (χ2v) is 17.8. The van der Waals surface area contributed by atoms with Gasteiger partial charge in [0.25, 0.3) is 0 Å². The van der Waals surface area contributed by atoms with Crippen molar-refractivity contribution in [2.45, 2.75) is 77.6 Å². The third-order valence-corrected chi connectivity index (χ3v) is 12.8. The molecule has 3 aliphatic carbocycles. The van der Waals surface area contributed by atoms with Crippen LogP contribution in [0.2, 0.25) is 0 Å². The highest BCUT2D eigenvalue weighted by atomic mass is 15.2. The SMILES string of the molecule is CC(C)(C)c1c2c(c(N(c3cccc4c3CCC=C4)c3ccc(-c4ccccc4)c4ccc#cc34)c3c1-c1ccccc1C3(C)C)C(C)(C)c1ccccc1-2. The van der Waals surface area contributed by atoms with Crippen LogP contribution in [0.5, 0.6) is 0 Å². The quantitative estimate of drug-likeness (QED) is 0.176. The number of fused-ring (bicyclic) bond motifs is 8. The molecule has 10 rings (SSSR count). The highest BCUT2D eigenvalue weighted by Crippen LogP contribution is 2.66. The fourth-order valence-electron chi connectivity index (χ4n) is 10.5. The first-order valence-electron chi connectivity index (χ1n) is 19.9. The minimum atomic E-state index is -0.274. The van der Waals surface area contributed by atoms with Crippen LogP contribution >= 0.6 is 0 Å². The van der Waals surface area contributed by atoms with Gasteiger partial charge in [0.2, 0.25) is 0 Å². The lowest BCUT2D eigenvalue weighted by molar-refractivity contribution is 0.587. The first-order chi connectivity index (χ1) is 26.5. The number of rotatable bonds is 4. The van der Waals surface area contributed by atoms with Crippen molar-refractivity contribution in [2.24, 2.45) is 0 Å². The highest BCUT2D eigenvalue weighted by Gasteiger charge is 2.50. The third kappa shape index (κ3) is 4.74. The lowest BCUT2D eigenvalue weighted by atomic mass is 9.70. The molecule has 0 bridgehead atoms. The van der Waals surface area contributed by atoms with Crippen LogP contribution in [0.3, 0.4) is 0 Å². The van der Waals surface area contributed by atoms with Crippen molar-refractivity contribution in [1.29, 1.82) is 0 Å². The van der Waals surface area contributed by atoms with E-state index in [-0.39, 0.29) is 16.2 Å². The molecule has 0 saturated carbocycles. The zero-order chi connectivity index (χ0) is 37.9. The molecular formula is C54H47N. The van der Waals surface area contributed by atoms with E-state index in [0.717, 1.165) is 23.9 Å². The fraction of sp³-hybridized carbons (Fsp3) is 0.222. The van der Waals surface area contributed by atoms with Crippen LogP contribution in [0, 0.1) is 12.1 Å². The number of allylic oxidation sites excluding steroid dienone is 1. The summed E-state index contributed by atoms with van der Waals surface area (Å²) < 4.78 is 0. The number of benzene rings is 6. The lowest BCUT2D eigenvalue weighted by Gasteiger charge is -2.40. The molecule has 1 nitrogen and oxygen atoms in total. The van der Waals surface area contributed by atoms with Crippen molar-refractivity contribution in [3.05, 3.63) is 178 Å². The van der Waals surface area contributed by atoms with E-state index in [4.69, 9.17) is 0 Å². The van der Waals surface area contributed by atoms with Crippen molar-refractivity contribution >= 4 is 33.9 Å².